The quantitative estimate of drug-likeness (QED) is 0.149. The molecule has 0 unspecified atom stereocenters. The van der Waals surface area contributed by atoms with E-state index in [4.69, 9.17) is 8.83 Å². The monoisotopic (exact) mass is 1140 g/mol. The number of hydrogen-bond donors (Lipinski definition) is 0. The lowest BCUT2D eigenvalue weighted by Gasteiger charge is -2.45. The summed E-state index contributed by atoms with van der Waals surface area (Å²) in [4.78, 5) is 7.64. The smallest absolute Gasteiger partial charge is 0.252 e. The lowest BCUT2D eigenvalue weighted by Crippen LogP contribution is -2.61. The van der Waals surface area contributed by atoms with Crippen molar-refractivity contribution in [3.8, 4) is 22.3 Å². The van der Waals surface area contributed by atoms with Gasteiger partial charge in [-0.1, -0.05) is 210 Å². The first-order valence-electron chi connectivity index (χ1n) is 31.3. The molecule has 0 saturated heterocycles. The van der Waals surface area contributed by atoms with Gasteiger partial charge in [-0.3, -0.25) is 0 Å². The summed E-state index contributed by atoms with van der Waals surface area (Å²) in [5, 5.41) is 4.48. The number of anilines is 9. The Labute approximate surface area is 518 Å². The van der Waals surface area contributed by atoms with Gasteiger partial charge >= 0.3 is 0 Å². The fourth-order valence-corrected chi connectivity index (χ4v) is 13.8. The molecule has 2 aromatic heterocycles. The van der Waals surface area contributed by atoms with Gasteiger partial charge in [0.1, 0.15) is 22.3 Å². The number of furan rings is 2. The van der Waals surface area contributed by atoms with Crippen molar-refractivity contribution in [2.45, 2.75) is 105 Å². The molecule has 88 heavy (non-hydrogen) atoms. The van der Waals surface area contributed by atoms with Gasteiger partial charge in [-0.15, -0.1) is 0 Å². The number of fused-ring (bicyclic) bond motifs is 10. The molecule has 15 rings (SSSR count). The second kappa shape index (κ2) is 20.0. The van der Waals surface area contributed by atoms with Crippen LogP contribution < -0.4 is 31.1 Å². The van der Waals surface area contributed by atoms with E-state index in [2.05, 4.69) is 322 Å². The normalized spacial score (nSPS) is 13.4. The van der Waals surface area contributed by atoms with Crippen molar-refractivity contribution in [3.63, 3.8) is 0 Å². The van der Waals surface area contributed by atoms with E-state index < -0.39 is 0 Å². The number of hydrogen-bond acceptors (Lipinski definition) is 5. The first-order chi connectivity index (χ1) is 42.2. The predicted octanol–water partition coefficient (Wildman–Crippen LogP) is 21.6. The Balaban J connectivity index is 1.01. The molecule has 0 fully saturated rings. The zero-order valence-corrected chi connectivity index (χ0v) is 52.7. The fraction of sp³-hybridized carbons (Fsp3) is 0.195. The van der Waals surface area contributed by atoms with E-state index in [1.54, 1.807) is 0 Å². The van der Waals surface area contributed by atoms with Crippen molar-refractivity contribution < 1.29 is 8.83 Å². The van der Waals surface area contributed by atoms with Crippen LogP contribution in [0.25, 0.3) is 66.1 Å². The predicted molar refractivity (Wildman–Crippen MR) is 375 cm³/mol. The minimum absolute atomic E-state index is 0.0224. The Morgan fingerprint density at radius 3 is 1.51 bits per heavy atom. The number of rotatable bonds is 7. The van der Waals surface area contributed by atoms with Crippen LogP contribution in [-0.4, -0.2) is 6.71 Å². The van der Waals surface area contributed by atoms with E-state index in [-0.39, 0.29) is 28.4 Å². The third kappa shape index (κ3) is 9.13. The minimum Gasteiger partial charge on any atom is -0.456 e. The highest BCUT2D eigenvalue weighted by molar-refractivity contribution is 7.00. The van der Waals surface area contributed by atoms with Gasteiger partial charge in [0.05, 0.1) is 5.69 Å². The molecule has 0 bridgehead atoms. The van der Waals surface area contributed by atoms with Crippen molar-refractivity contribution >= 4 is 118 Å². The summed E-state index contributed by atoms with van der Waals surface area (Å²) in [5.74, 6) is 0. The largest absolute Gasteiger partial charge is 0.456 e. The van der Waals surface area contributed by atoms with Crippen LogP contribution in [-0.2, 0) is 21.7 Å². The molecule has 0 radical (unpaired) electrons. The molecule has 0 saturated carbocycles. The topological polar surface area (TPSA) is 36.0 Å². The molecule has 13 aromatic rings. The summed E-state index contributed by atoms with van der Waals surface area (Å²) in [6.45, 7) is 27.7. The van der Waals surface area contributed by atoms with Gasteiger partial charge in [-0.25, -0.2) is 0 Å². The molecule has 2 aliphatic heterocycles. The van der Waals surface area contributed by atoms with Gasteiger partial charge in [0, 0.05) is 78.7 Å². The molecule has 6 heteroatoms. The van der Waals surface area contributed by atoms with Crippen LogP contribution in [0, 0.1) is 0 Å². The van der Waals surface area contributed by atoms with Crippen molar-refractivity contribution in [2.24, 2.45) is 0 Å². The Morgan fingerprint density at radius 2 is 0.830 bits per heavy atom. The van der Waals surface area contributed by atoms with Crippen molar-refractivity contribution in [3.05, 3.63) is 253 Å². The second-order valence-corrected chi connectivity index (χ2v) is 28.6. The molecule has 0 amide bonds. The maximum atomic E-state index is 6.72. The molecular weight excluding hydrogens is 1070 g/mol. The first-order valence-corrected chi connectivity index (χ1v) is 31.3. The third-order valence-corrected chi connectivity index (χ3v) is 18.7. The highest BCUT2D eigenvalue weighted by Crippen LogP contribution is 2.51. The van der Waals surface area contributed by atoms with E-state index in [0.29, 0.717) is 0 Å². The summed E-state index contributed by atoms with van der Waals surface area (Å²) in [7, 11) is 0. The number of nitrogens with zero attached hydrogens (tertiary/aromatic N) is 3. The zero-order valence-electron chi connectivity index (χ0n) is 52.7. The molecule has 0 atom stereocenters. The average molecular weight is 1140 g/mol. The Morgan fingerprint density at radius 1 is 0.330 bits per heavy atom. The Hall–Kier alpha value is -9.52. The van der Waals surface area contributed by atoms with E-state index in [1.165, 1.54) is 61.1 Å². The summed E-state index contributed by atoms with van der Waals surface area (Å²) in [6, 6.07) is 86.3. The van der Waals surface area contributed by atoms with Crippen molar-refractivity contribution in [1.82, 2.24) is 0 Å². The van der Waals surface area contributed by atoms with Gasteiger partial charge in [0.2, 0.25) is 0 Å². The SMILES string of the molecule is CC(C)(C)c1ccc(N(c2ccc3c(c2)N(c2ccc(-c4cccc5oc6ccccc6c45)cc2)c2cc(C(C)(C)C)cc4c2B3c2ccc(C(C)(C)C)cc2N4c2ccc3c(c2)oc2ccccc23)c2ccc(C(C)(C)C)cc2-c2ccccc2)cc1. The van der Waals surface area contributed by atoms with Crippen molar-refractivity contribution in [2.75, 3.05) is 14.7 Å². The maximum absolute atomic E-state index is 6.72. The van der Waals surface area contributed by atoms with Gasteiger partial charge in [-0.05, 0) is 174 Å². The maximum Gasteiger partial charge on any atom is 0.252 e. The molecule has 4 heterocycles. The first kappa shape index (κ1) is 55.1. The van der Waals surface area contributed by atoms with Crippen LogP contribution in [0.15, 0.2) is 239 Å². The molecule has 0 N–H and O–H groups in total. The minimum atomic E-state index is -0.226. The van der Waals surface area contributed by atoms with Gasteiger partial charge in [-0.2, -0.15) is 0 Å². The van der Waals surface area contributed by atoms with Crippen LogP contribution in [0.2, 0.25) is 0 Å². The van der Waals surface area contributed by atoms with Gasteiger partial charge < -0.3 is 23.5 Å². The second-order valence-electron chi connectivity index (χ2n) is 28.6. The lowest BCUT2D eigenvalue weighted by atomic mass is 9.33. The highest BCUT2D eigenvalue weighted by Gasteiger charge is 2.45. The average Bonchev–Trinajstić information content (AvgIpc) is 1.07. The van der Waals surface area contributed by atoms with E-state index in [1.807, 2.05) is 6.07 Å². The number of benzene rings is 11. The summed E-state index contributed by atoms with van der Waals surface area (Å²) in [6.07, 6.45) is 0. The molecule has 0 aliphatic carbocycles. The van der Waals surface area contributed by atoms with Crippen molar-refractivity contribution in [1.29, 1.82) is 0 Å². The summed E-state index contributed by atoms with van der Waals surface area (Å²) in [5.41, 5.74) is 26.7. The van der Waals surface area contributed by atoms with Crippen LogP contribution in [0.4, 0.5) is 51.2 Å². The van der Waals surface area contributed by atoms with Gasteiger partial charge in [0.25, 0.3) is 6.71 Å². The number of para-hydroxylation sites is 2. The van der Waals surface area contributed by atoms with Gasteiger partial charge in [0.15, 0.2) is 0 Å². The van der Waals surface area contributed by atoms with E-state index in [0.717, 1.165) is 94.8 Å². The molecule has 2 aliphatic rings. The standard InChI is InChI=1S/C82H74BN3O2/c1-79(2,3)53-31-37-57(38-32-53)84(68-44-34-54(80(4,5)6)45-65(68)51-21-14-13-15-22-51)59-40-43-67-70(49-59)85(58-35-29-52(30-36-58)61-25-20-28-75-77(61)64-24-17-19-27-74(64)87-75)71-47-56(82(10,11)12)48-72-78(71)83(67)66-42-33-55(81(7,8)9)46-69(66)86(72)60-39-41-63-62-23-16-18-26-73(62)88-76(63)50-60/h13-50H,1-12H3. The summed E-state index contributed by atoms with van der Waals surface area (Å²) < 4.78 is 13.2. The lowest BCUT2D eigenvalue weighted by molar-refractivity contribution is 0.590. The zero-order chi connectivity index (χ0) is 60.8. The fourth-order valence-electron chi connectivity index (χ4n) is 13.8. The van der Waals surface area contributed by atoms with E-state index in [9.17, 15) is 0 Å². The molecule has 432 valence electrons. The van der Waals surface area contributed by atoms with E-state index >= 15 is 0 Å². The third-order valence-electron chi connectivity index (χ3n) is 18.7. The van der Waals surface area contributed by atoms with Crippen LogP contribution >= 0.6 is 0 Å². The van der Waals surface area contributed by atoms with Crippen LogP contribution in [0.3, 0.4) is 0 Å². The Kier molecular flexibility index (Phi) is 12.5. The molecular formula is C82H74BN3O2. The summed E-state index contributed by atoms with van der Waals surface area (Å²) >= 11 is 0. The van der Waals surface area contributed by atoms with Crippen LogP contribution in [0.5, 0.6) is 0 Å². The molecule has 5 nitrogen and oxygen atoms in total. The Bertz CT molecular complexity index is 4910. The highest BCUT2D eigenvalue weighted by atomic mass is 16.3. The molecule has 11 aromatic carbocycles. The molecule has 0 spiro atoms. The van der Waals surface area contributed by atoms with Crippen LogP contribution in [0.1, 0.15) is 105 Å².